The summed E-state index contributed by atoms with van der Waals surface area (Å²) in [5.74, 6) is -1.81. The summed E-state index contributed by atoms with van der Waals surface area (Å²) in [7, 11) is -3.41. The van der Waals surface area contributed by atoms with E-state index in [1.807, 2.05) is 13.0 Å². The van der Waals surface area contributed by atoms with Gasteiger partial charge in [-0.15, -0.1) is 11.3 Å². The molecule has 8 heteroatoms. The van der Waals surface area contributed by atoms with E-state index in [2.05, 4.69) is 5.32 Å². The zero-order chi connectivity index (χ0) is 18.1. The number of carbonyl (C=O) groups excluding carboxylic acids is 1. The van der Waals surface area contributed by atoms with Crippen LogP contribution in [0.2, 0.25) is 0 Å². The number of aliphatic carboxylic acids is 1. The Balaban J connectivity index is 2.31. The van der Waals surface area contributed by atoms with Crippen LogP contribution < -0.4 is 5.32 Å². The van der Waals surface area contributed by atoms with Crippen molar-refractivity contribution in [2.75, 3.05) is 6.26 Å². The Morgan fingerprint density at radius 2 is 1.92 bits per heavy atom. The number of aryl methyl sites for hydroxylation is 1. The standard InChI is InChI=1S/C16H17NO5S2/c1-9-5-4-6-12(10(9)2)14(16(19)20)17-15(18)13-7-11(8-23-13)24(3,21)22/h4-8,14H,1-3H3,(H,17,18)(H,19,20). The normalized spacial score (nSPS) is 12.6. The van der Waals surface area contributed by atoms with E-state index in [4.69, 9.17) is 0 Å². The highest BCUT2D eigenvalue weighted by molar-refractivity contribution is 7.90. The average Bonchev–Trinajstić information content (AvgIpc) is 2.97. The second-order valence-electron chi connectivity index (χ2n) is 5.45. The maximum Gasteiger partial charge on any atom is 0.330 e. The summed E-state index contributed by atoms with van der Waals surface area (Å²) in [6.45, 7) is 3.65. The lowest BCUT2D eigenvalue weighted by Crippen LogP contribution is -2.33. The number of sulfone groups is 1. The van der Waals surface area contributed by atoms with Crippen LogP contribution >= 0.6 is 11.3 Å². The molecule has 0 saturated carbocycles. The van der Waals surface area contributed by atoms with Crippen molar-refractivity contribution in [1.82, 2.24) is 5.32 Å². The summed E-state index contributed by atoms with van der Waals surface area (Å²) in [5.41, 5.74) is 2.20. The monoisotopic (exact) mass is 367 g/mol. The van der Waals surface area contributed by atoms with E-state index < -0.39 is 27.8 Å². The molecule has 1 unspecified atom stereocenters. The molecule has 0 fully saturated rings. The fourth-order valence-electron chi connectivity index (χ4n) is 2.19. The number of hydrogen-bond donors (Lipinski definition) is 2. The largest absolute Gasteiger partial charge is 0.479 e. The topological polar surface area (TPSA) is 101 Å². The smallest absolute Gasteiger partial charge is 0.330 e. The molecule has 0 radical (unpaired) electrons. The third kappa shape index (κ3) is 3.82. The minimum atomic E-state index is -3.41. The van der Waals surface area contributed by atoms with Gasteiger partial charge in [-0.05, 0) is 36.6 Å². The van der Waals surface area contributed by atoms with Gasteiger partial charge in [0.1, 0.15) is 0 Å². The third-order valence-electron chi connectivity index (χ3n) is 3.71. The van der Waals surface area contributed by atoms with Crippen LogP contribution in [0.5, 0.6) is 0 Å². The molecule has 1 heterocycles. The van der Waals surface area contributed by atoms with Crippen LogP contribution in [-0.2, 0) is 14.6 Å². The Morgan fingerprint density at radius 3 is 2.46 bits per heavy atom. The van der Waals surface area contributed by atoms with Gasteiger partial charge in [-0.25, -0.2) is 13.2 Å². The van der Waals surface area contributed by atoms with E-state index >= 15 is 0 Å². The number of benzene rings is 1. The van der Waals surface area contributed by atoms with Crippen molar-refractivity contribution in [2.45, 2.75) is 24.8 Å². The van der Waals surface area contributed by atoms with E-state index in [-0.39, 0.29) is 9.77 Å². The maximum atomic E-state index is 12.3. The molecule has 2 rings (SSSR count). The van der Waals surface area contributed by atoms with Crippen LogP contribution in [0.1, 0.15) is 32.4 Å². The lowest BCUT2D eigenvalue weighted by molar-refractivity contribution is -0.139. The molecule has 1 aromatic carbocycles. The van der Waals surface area contributed by atoms with Crippen molar-refractivity contribution in [3.05, 3.63) is 51.2 Å². The van der Waals surface area contributed by atoms with Gasteiger partial charge < -0.3 is 10.4 Å². The van der Waals surface area contributed by atoms with Crippen molar-refractivity contribution in [3.63, 3.8) is 0 Å². The van der Waals surface area contributed by atoms with Crippen molar-refractivity contribution >= 4 is 33.1 Å². The van der Waals surface area contributed by atoms with E-state index in [9.17, 15) is 23.1 Å². The molecule has 0 aliphatic carbocycles. The average molecular weight is 367 g/mol. The van der Waals surface area contributed by atoms with Gasteiger partial charge in [0.2, 0.25) is 0 Å². The Kier molecular flexibility index (Phi) is 5.10. The lowest BCUT2D eigenvalue weighted by Gasteiger charge is -2.17. The van der Waals surface area contributed by atoms with E-state index in [0.717, 1.165) is 28.7 Å². The molecule has 1 atom stereocenters. The van der Waals surface area contributed by atoms with Crippen molar-refractivity contribution < 1.29 is 23.1 Å². The zero-order valence-electron chi connectivity index (χ0n) is 13.4. The molecule has 0 saturated heterocycles. The summed E-state index contributed by atoms with van der Waals surface area (Å²) < 4.78 is 23.0. The van der Waals surface area contributed by atoms with Crippen LogP contribution in [0, 0.1) is 13.8 Å². The van der Waals surface area contributed by atoms with Crippen molar-refractivity contribution in [2.24, 2.45) is 0 Å². The fraction of sp³-hybridized carbons (Fsp3) is 0.250. The number of hydrogen-bond acceptors (Lipinski definition) is 5. The quantitative estimate of drug-likeness (QED) is 0.845. The summed E-state index contributed by atoms with van der Waals surface area (Å²) in [4.78, 5) is 24.1. The Hall–Kier alpha value is -2.19. The molecular formula is C16H17NO5S2. The van der Waals surface area contributed by atoms with Gasteiger partial charge in [0, 0.05) is 11.6 Å². The molecule has 2 aromatic rings. The van der Waals surface area contributed by atoms with Gasteiger partial charge in [0.05, 0.1) is 9.77 Å². The molecule has 6 nitrogen and oxygen atoms in total. The first-order valence-corrected chi connectivity index (χ1v) is 9.76. The molecule has 0 spiro atoms. The first kappa shape index (κ1) is 18.2. The minimum Gasteiger partial charge on any atom is -0.479 e. The molecule has 1 amide bonds. The molecule has 24 heavy (non-hydrogen) atoms. The molecule has 1 aromatic heterocycles. The first-order chi connectivity index (χ1) is 11.1. The predicted octanol–water partition coefficient (Wildman–Crippen LogP) is 2.32. The molecular weight excluding hydrogens is 350 g/mol. The van der Waals surface area contributed by atoms with Gasteiger partial charge in [-0.3, -0.25) is 4.79 Å². The molecule has 0 bridgehead atoms. The van der Waals surface area contributed by atoms with Crippen LogP contribution in [0.25, 0.3) is 0 Å². The SMILES string of the molecule is Cc1cccc(C(NC(=O)c2cc(S(C)(=O)=O)cs2)C(=O)O)c1C. The number of carboxylic acids is 1. The molecule has 0 aliphatic rings. The number of rotatable bonds is 5. The number of nitrogens with one attached hydrogen (secondary N) is 1. The fourth-order valence-corrected chi connectivity index (χ4v) is 4.12. The van der Waals surface area contributed by atoms with Crippen molar-refractivity contribution in [3.8, 4) is 0 Å². The number of carbonyl (C=O) groups is 2. The van der Waals surface area contributed by atoms with Gasteiger partial charge in [0.25, 0.3) is 5.91 Å². The number of amides is 1. The van der Waals surface area contributed by atoms with E-state index in [1.165, 1.54) is 11.4 Å². The third-order valence-corrected chi connectivity index (χ3v) is 5.88. The number of thiophene rings is 1. The van der Waals surface area contributed by atoms with Crippen LogP contribution in [0.15, 0.2) is 34.5 Å². The summed E-state index contributed by atoms with van der Waals surface area (Å²) in [6, 6.07) is 5.28. The second-order valence-corrected chi connectivity index (χ2v) is 8.38. The highest BCUT2D eigenvalue weighted by Gasteiger charge is 2.25. The lowest BCUT2D eigenvalue weighted by atomic mass is 9.97. The molecule has 128 valence electrons. The number of carboxylic acid groups (broad SMARTS) is 1. The van der Waals surface area contributed by atoms with Crippen LogP contribution in [0.3, 0.4) is 0 Å². The first-order valence-electron chi connectivity index (χ1n) is 6.99. The minimum absolute atomic E-state index is 0.0382. The summed E-state index contributed by atoms with van der Waals surface area (Å²) >= 11 is 0.957. The Labute approximate surface area is 144 Å². The van der Waals surface area contributed by atoms with Gasteiger partial charge in [-0.2, -0.15) is 0 Å². The maximum absolute atomic E-state index is 12.3. The van der Waals surface area contributed by atoms with Crippen LogP contribution in [0.4, 0.5) is 0 Å². The predicted molar refractivity (Wildman–Crippen MR) is 91.2 cm³/mol. The summed E-state index contributed by atoms with van der Waals surface area (Å²) in [5, 5.41) is 13.3. The zero-order valence-corrected chi connectivity index (χ0v) is 15.0. The van der Waals surface area contributed by atoms with Gasteiger partial charge >= 0.3 is 5.97 Å². The Morgan fingerprint density at radius 1 is 1.25 bits per heavy atom. The second kappa shape index (κ2) is 6.74. The molecule has 2 N–H and O–H groups in total. The van der Waals surface area contributed by atoms with E-state index in [1.54, 1.807) is 19.1 Å². The summed E-state index contributed by atoms with van der Waals surface area (Å²) in [6.07, 6.45) is 1.05. The van der Waals surface area contributed by atoms with Crippen molar-refractivity contribution in [1.29, 1.82) is 0 Å². The highest BCUT2D eigenvalue weighted by atomic mass is 32.2. The highest BCUT2D eigenvalue weighted by Crippen LogP contribution is 2.23. The van der Waals surface area contributed by atoms with Crippen LogP contribution in [-0.4, -0.2) is 31.7 Å². The van der Waals surface area contributed by atoms with Gasteiger partial charge in [0.15, 0.2) is 15.9 Å². The Bertz CT molecular complexity index is 899. The molecule has 0 aliphatic heterocycles. The van der Waals surface area contributed by atoms with Gasteiger partial charge in [-0.1, -0.05) is 18.2 Å². The van der Waals surface area contributed by atoms with E-state index in [0.29, 0.717) is 5.56 Å².